The molecule has 11 heavy (non-hydrogen) atoms. The Hall–Kier alpha value is 0.200. The van der Waals surface area contributed by atoms with Crippen molar-refractivity contribution >= 4 is 29.2 Å². The molecule has 0 bridgehead atoms. The second kappa shape index (κ2) is 4.95. The molecule has 0 aliphatic carbocycles. The van der Waals surface area contributed by atoms with Crippen LogP contribution < -0.4 is 0 Å². The predicted octanol–water partition coefficient (Wildman–Crippen LogP) is 2.03. The lowest BCUT2D eigenvalue weighted by Crippen LogP contribution is -2.22. The molecule has 0 N–H and O–H groups in total. The van der Waals surface area contributed by atoms with Gasteiger partial charge in [0.05, 0.1) is 12.2 Å². The van der Waals surface area contributed by atoms with E-state index in [1.165, 1.54) is 0 Å². The molecule has 0 radical (unpaired) electrons. The Balaban J connectivity index is 3.22. The lowest BCUT2D eigenvalue weighted by molar-refractivity contribution is -0.0169. The van der Waals surface area contributed by atoms with Gasteiger partial charge in [-0.15, -0.1) is 0 Å². The van der Waals surface area contributed by atoms with Crippen LogP contribution in [0.15, 0.2) is 0 Å². The monoisotopic (exact) mass is 194 g/mol. The third-order valence-electron chi connectivity index (χ3n) is 0.844. The topological polar surface area (TPSA) is 18.5 Å². The zero-order chi connectivity index (χ0) is 8.91. The largest absolute Gasteiger partial charge is 0.476 e. The molecule has 0 spiro atoms. The maximum absolute atomic E-state index is 5.36. The van der Waals surface area contributed by atoms with Gasteiger partial charge in [-0.3, -0.25) is 0 Å². The van der Waals surface area contributed by atoms with Crippen molar-refractivity contribution in [1.29, 1.82) is 0 Å². The number of rotatable bonds is 3. The van der Waals surface area contributed by atoms with Crippen molar-refractivity contribution in [2.45, 2.75) is 26.4 Å². The van der Waals surface area contributed by atoms with Crippen LogP contribution in [0.3, 0.4) is 0 Å². The fourth-order valence-corrected chi connectivity index (χ4v) is 0.651. The van der Waals surface area contributed by atoms with Gasteiger partial charge in [-0.2, -0.15) is 0 Å². The van der Waals surface area contributed by atoms with Crippen LogP contribution in [-0.4, -0.2) is 23.2 Å². The first-order valence-electron chi connectivity index (χ1n) is 3.41. The number of hydrogen-bond acceptors (Lipinski definition) is 3. The fraction of sp³-hybridized carbons (Fsp3) is 0.857. The third kappa shape index (κ3) is 10.2. The van der Waals surface area contributed by atoms with Crippen molar-refractivity contribution in [3.8, 4) is 0 Å². The van der Waals surface area contributed by atoms with Gasteiger partial charge in [0.25, 0.3) is 0 Å². The molecule has 2 nitrogen and oxygen atoms in total. The van der Waals surface area contributed by atoms with Crippen LogP contribution in [-0.2, 0) is 9.47 Å². The van der Waals surface area contributed by atoms with Crippen LogP contribution >= 0.6 is 24.8 Å². The van der Waals surface area contributed by atoms with Crippen molar-refractivity contribution in [1.82, 2.24) is 0 Å². The van der Waals surface area contributed by atoms with Crippen molar-refractivity contribution in [2.75, 3.05) is 13.2 Å². The highest BCUT2D eigenvalue weighted by Crippen LogP contribution is 2.05. The highest BCUT2D eigenvalue weighted by Gasteiger charge is 2.08. The zero-order valence-electron chi connectivity index (χ0n) is 7.09. The standard InChI is InChI=1S/C7H14O2S2/c1-7(2,3)9-5-4-8-6(10)11/h4-5H2,1-3H3,(H,10,11). The Bertz CT molecular complexity index is 129. The maximum atomic E-state index is 5.36. The first-order valence-corrected chi connectivity index (χ1v) is 4.27. The SMILES string of the molecule is CC(C)(C)OCCOC(=S)S. The van der Waals surface area contributed by atoms with Crippen LogP contribution in [0.4, 0.5) is 0 Å². The molecule has 0 saturated heterocycles. The van der Waals surface area contributed by atoms with Gasteiger partial charge >= 0.3 is 0 Å². The smallest absolute Gasteiger partial charge is 0.216 e. The minimum atomic E-state index is -0.110. The normalized spacial score (nSPS) is 11.3. The lowest BCUT2D eigenvalue weighted by Gasteiger charge is -2.19. The number of ether oxygens (including phenoxy) is 2. The van der Waals surface area contributed by atoms with E-state index in [0.29, 0.717) is 13.2 Å². The number of hydrogen-bond donors (Lipinski definition) is 1. The molecule has 0 aromatic rings. The minimum absolute atomic E-state index is 0.110. The van der Waals surface area contributed by atoms with E-state index in [0.717, 1.165) is 0 Å². The molecule has 0 aliphatic heterocycles. The van der Waals surface area contributed by atoms with Gasteiger partial charge in [0, 0.05) is 0 Å². The van der Waals surface area contributed by atoms with Gasteiger partial charge in [-0.25, -0.2) is 0 Å². The molecule has 0 unspecified atom stereocenters. The van der Waals surface area contributed by atoms with Crippen molar-refractivity contribution in [3.63, 3.8) is 0 Å². The van der Waals surface area contributed by atoms with Crippen molar-refractivity contribution in [3.05, 3.63) is 0 Å². The second-order valence-electron chi connectivity index (χ2n) is 3.08. The molecule has 0 atom stereocenters. The van der Waals surface area contributed by atoms with Gasteiger partial charge in [-0.05, 0) is 33.0 Å². The molecule has 0 aliphatic rings. The van der Waals surface area contributed by atoms with Gasteiger partial charge in [-0.1, -0.05) is 12.6 Å². The highest BCUT2D eigenvalue weighted by atomic mass is 32.1. The van der Waals surface area contributed by atoms with Crippen molar-refractivity contribution < 1.29 is 9.47 Å². The minimum Gasteiger partial charge on any atom is -0.476 e. The van der Waals surface area contributed by atoms with E-state index in [2.05, 4.69) is 24.8 Å². The fourth-order valence-electron chi connectivity index (χ4n) is 0.477. The van der Waals surface area contributed by atoms with E-state index in [1.54, 1.807) is 0 Å². The number of thiol groups is 1. The van der Waals surface area contributed by atoms with Crippen LogP contribution in [0.2, 0.25) is 0 Å². The molecule has 0 saturated carbocycles. The summed E-state index contributed by atoms with van der Waals surface area (Å²) in [6, 6.07) is 0. The molecule has 0 aromatic carbocycles. The summed E-state index contributed by atoms with van der Waals surface area (Å²) >= 11 is 8.39. The van der Waals surface area contributed by atoms with Gasteiger partial charge in [0.2, 0.25) is 4.38 Å². The van der Waals surface area contributed by atoms with Crippen LogP contribution in [0.1, 0.15) is 20.8 Å². The molecular weight excluding hydrogens is 180 g/mol. The Morgan fingerprint density at radius 1 is 1.36 bits per heavy atom. The van der Waals surface area contributed by atoms with Gasteiger partial charge < -0.3 is 9.47 Å². The van der Waals surface area contributed by atoms with Gasteiger partial charge in [0.15, 0.2) is 0 Å². The summed E-state index contributed by atoms with van der Waals surface area (Å²) in [4.78, 5) is 0. The number of thiocarbonyl (C=S) groups is 1. The lowest BCUT2D eigenvalue weighted by atomic mass is 10.2. The highest BCUT2D eigenvalue weighted by molar-refractivity contribution is 8.10. The Morgan fingerprint density at radius 2 is 1.91 bits per heavy atom. The predicted molar refractivity (Wildman–Crippen MR) is 53.2 cm³/mol. The molecule has 0 heterocycles. The van der Waals surface area contributed by atoms with E-state index in [4.69, 9.17) is 9.47 Å². The zero-order valence-corrected chi connectivity index (χ0v) is 8.80. The summed E-state index contributed by atoms with van der Waals surface area (Å²) < 4.78 is 10.5. The van der Waals surface area contributed by atoms with E-state index in [-0.39, 0.29) is 9.98 Å². The summed E-state index contributed by atoms with van der Waals surface area (Å²) in [5.74, 6) is 0. The quantitative estimate of drug-likeness (QED) is 0.421. The molecule has 66 valence electrons. The van der Waals surface area contributed by atoms with Crippen LogP contribution in [0.25, 0.3) is 0 Å². The second-order valence-corrected chi connectivity index (χ2v) is 4.15. The Labute approximate surface area is 78.7 Å². The first-order chi connectivity index (χ1) is 4.92. The molecule has 0 fully saturated rings. The molecule has 4 heteroatoms. The van der Waals surface area contributed by atoms with Crippen LogP contribution in [0.5, 0.6) is 0 Å². The molecular formula is C7H14O2S2. The van der Waals surface area contributed by atoms with E-state index < -0.39 is 0 Å². The van der Waals surface area contributed by atoms with E-state index in [1.807, 2.05) is 20.8 Å². The first kappa shape index (κ1) is 11.2. The average molecular weight is 194 g/mol. The Kier molecular flexibility index (Phi) is 5.04. The van der Waals surface area contributed by atoms with Crippen LogP contribution in [0, 0.1) is 0 Å². The third-order valence-corrected chi connectivity index (χ3v) is 1.09. The van der Waals surface area contributed by atoms with Gasteiger partial charge in [0.1, 0.15) is 6.61 Å². The summed E-state index contributed by atoms with van der Waals surface area (Å²) in [6.07, 6.45) is 0. The molecule has 0 aromatic heterocycles. The maximum Gasteiger partial charge on any atom is 0.216 e. The summed E-state index contributed by atoms with van der Waals surface area (Å²) in [5, 5.41) is 0. The molecule has 0 amide bonds. The Morgan fingerprint density at radius 3 is 2.27 bits per heavy atom. The summed E-state index contributed by atoms with van der Waals surface area (Å²) in [6.45, 7) is 6.99. The summed E-state index contributed by atoms with van der Waals surface area (Å²) in [5.41, 5.74) is -0.110. The van der Waals surface area contributed by atoms with E-state index >= 15 is 0 Å². The van der Waals surface area contributed by atoms with E-state index in [9.17, 15) is 0 Å². The summed E-state index contributed by atoms with van der Waals surface area (Å²) in [7, 11) is 0. The average Bonchev–Trinajstić information content (AvgIpc) is 1.78. The molecule has 0 rings (SSSR count). The van der Waals surface area contributed by atoms with Crippen molar-refractivity contribution in [2.24, 2.45) is 0 Å².